The highest BCUT2D eigenvalue weighted by molar-refractivity contribution is 5.93. The summed E-state index contributed by atoms with van der Waals surface area (Å²) in [6.45, 7) is 5.87. The molecule has 0 atom stereocenters. The molecule has 0 aliphatic heterocycles. The molecule has 5 nitrogen and oxygen atoms in total. The number of carbonyl (C=O) groups is 2. The quantitative estimate of drug-likeness (QED) is 0.795. The molecule has 0 aromatic heterocycles. The largest absolute Gasteiger partial charge is 0.355 e. The number of rotatable bonds is 7. The van der Waals surface area contributed by atoms with Gasteiger partial charge in [0, 0.05) is 25.7 Å². The molecule has 0 radical (unpaired) electrons. The lowest BCUT2D eigenvalue weighted by atomic mass is 10.1. The van der Waals surface area contributed by atoms with Crippen LogP contribution in [0, 0.1) is 5.92 Å². The molecule has 1 rings (SSSR count). The average Bonchev–Trinajstić information content (AvgIpc) is 2.45. The first-order valence-electron chi connectivity index (χ1n) is 7.18. The third-order valence-corrected chi connectivity index (χ3v) is 3.02. The highest BCUT2D eigenvalue weighted by atomic mass is 16.2. The van der Waals surface area contributed by atoms with Gasteiger partial charge in [0.2, 0.25) is 5.91 Å². The summed E-state index contributed by atoms with van der Waals surface area (Å²) in [4.78, 5) is 25.1. The van der Waals surface area contributed by atoms with E-state index in [4.69, 9.17) is 0 Å². The molecule has 0 fully saturated rings. The average molecular weight is 291 g/mol. The van der Waals surface area contributed by atoms with Gasteiger partial charge in [0.25, 0.3) is 5.91 Å². The van der Waals surface area contributed by atoms with Crippen LogP contribution in [0.25, 0.3) is 0 Å². The van der Waals surface area contributed by atoms with Gasteiger partial charge in [-0.1, -0.05) is 26.0 Å². The molecule has 21 heavy (non-hydrogen) atoms. The Morgan fingerprint density at radius 3 is 2.33 bits per heavy atom. The van der Waals surface area contributed by atoms with Gasteiger partial charge >= 0.3 is 0 Å². The van der Waals surface area contributed by atoms with Gasteiger partial charge in [0.05, 0.1) is 6.54 Å². The van der Waals surface area contributed by atoms with Crippen LogP contribution >= 0.6 is 0 Å². The minimum absolute atomic E-state index is 0.0354. The molecule has 0 aliphatic rings. The fraction of sp³-hybridized carbons (Fsp3) is 0.500. The fourth-order valence-electron chi connectivity index (χ4n) is 1.89. The van der Waals surface area contributed by atoms with Crippen molar-refractivity contribution in [3.8, 4) is 0 Å². The Bertz CT molecular complexity index is 469. The van der Waals surface area contributed by atoms with Crippen LogP contribution in [0.5, 0.6) is 0 Å². The standard InChI is InChI=1S/C16H25N3O2/c1-12(2)9-18-15(20)11-19(4)10-13-5-7-14(8-6-13)16(21)17-3/h5-8,12H,9-11H2,1-4H3,(H,17,21)(H,18,20). The zero-order valence-corrected chi connectivity index (χ0v) is 13.3. The second kappa shape index (κ2) is 8.42. The van der Waals surface area contributed by atoms with Gasteiger partial charge in [-0.2, -0.15) is 0 Å². The normalized spacial score (nSPS) is 10.8. The van der Waals surface area contributed by atoms with Crippen LogP contribution < -0.4 is 10.6 Å². The molecule has 0 unspecified atom stereocenters. The first-order chi connectivity index (χ1) is 9.92. The Kier molecular flexibility index (Phi) is 6.88. The number of amides is 2. The minimum Gasteiger partial charge on any atom is -0.355 e. The SMILES string of the molecule is CNC(=O)c1ccc(CN(C)CC(=O)NCC(C)C)cc1. The maximum atomic E-state index is 11.7. The Hall–Kier alpha value is -1.88. The summed E-state index contributed by atoms with van der Waals surface area (Å²) >= 11 is 0. The van der Waals surface area contributed by atoms with Gasteiger partial charge in [0.1, 0.15) is 0 Å². The van der Waals surface area contributed by atoms with Crippen molar-refractivity contribution in [3.63, 3.8) is 0 Å². The maximum Gasteiger partial charge on any atom is 0.251 e. The van der Waals surface area contributed by atoms with Gasteiger partial charge in [-0.25, -0.2) is 0 Å². The molecule has 5 heteroatoms. The number of hydrogen-bond donors (Lipinski definition) is 2. The maximum absolute atomic E-state index is 11.7. The van der Waals surface area contributed by atoms with E-state index in [1.54, 1.807) is 19.2 Å². The number of nitrogens with one attached hydrogen (secondary N) is 2. The van der Waals surface area contributed by atoms with Crippen molar-refractivity contribution in [2.75, 3.05) is 27.2 Å². The predicted molar refractivity (Wildman–Crippen MR) is 84.0 cm³/mol. The summed E-state index contributed by atoms with van der Waals surface area (Å²) in [5, 5.41) is 5.49. The van der Waals surface area contributed by atoms with Crippen molar-refractivity contribution in [2.24, 2.45) is 5.92 Å². The van der Waals surface area contributed by atoms with Crippen LogP contribution in [-0.4, -0.2) is 43.9 Å². The highest BCUT2D eigenvalue weighted by Gasteiger charge is 2.08. The van der Waals surface area contributed by atoms with Crippen molar-refractivity contribution >= 4 is 11.8 Å². The zero-order chi connectivity index (χ0) is 15.8. The Labute approximate surface area is 126 Å². The number of carbonyl (C=O) groups excluding carboxylic acids is 2. The predicted octanol–water partition coefficient (Wildman–Crippen LogP) is 1.25. The van der Waals surface area contributed by atoms with Gasteiger partial charge in [-0.05, 0) is 30.7 Å². The Balaban J connectivity index is 2.45. The summed E-state index contributed by atoms with van der Waals surface area (Å²) < 4.78 is 0. The molecule has 0 saturated heterocycles. The van der Waals surface area contributed by atoms with E-state index in [1.165, 1.54) is 0 Å². The first-order valence-corrected chi connectivity index (χ1v) is 7.18. The van der Waals surface area contributed by atoms with Crippen molar-refractivity contribution in [3.05, 3.63) is 35.4 Å². The third-order valence-electron chi connectivity index (χ3n) is 3.02. The van der Waals surface area contributed by atoms with E-state index < -0.39 is 0 Å². The van der Waals surface area contributed by atoms with Crippen LogP contribution in [-0.2, 0) is 11.3 Å². The Morgan fingerprint density at radius 2 is 1.81 bits per heavy atom. The van der Waals surface area contributed by atoms with E-state index in [1.807, 2.05) is 24.1 Å². The molecular formula is C16H25N3O2. The molecule has 116 valence electrons. The number of hydrogen-bond acceptors (Lipinski definition) is 3. The summed E-state index contributed by atoms with van der Waals surface area (Å²) in [5.41, 5.74) is 1.71. The van der Waals surface area contributed by atoms with Gasteiger partial charge < -0.3 is 10.6 Å². The lowest BCUT2D eigenvalue weighted by Crippen LogP contribution is -2.36. The fourth-order valence-corrected chi connectivity index (χ4v) is 1.89. The van der Waals surface area contributed by atoms with Crippen LogP contribution in [0.1, 0.15) is 29.8 Å². The number of likely N-dealkylation sites (N-methyl/N-ethyl adjacent to an activating group) is 1. The van der Waals surface area contributed by atoms with Gasteiger partial charge in [-0.15, -0.1) is 0 Å². The van der Waals surface area contributed by atoms with E-state index in [2.05, 4.69) is 24.5 Å². The summed E-state index contributed by atoms with van der Waals surface area (Å²) in [7, 11) is 3.52. The van der Waals surface area contributed by atoms with Crippen molar-refractivity contribution < 1.29 is 9.59 Å². The number of nitrogens with zero attached hydrogens (tertiary/aromatic N) is 1. The molecule has 0 bridgehead atoms. The second-order valence-electron chi connectivity index (χ2n) is 5.65. The molecule has 2 amide bonds. The van der Waals surface area contributed by atoms with Crippen LogP contribution in [0.4, 0.5) is 0 Å². The molecule has 1 aromatic rings. The third kappa shape index (κ3) is 6.40. The summed E-state index contributed by atoms with van der Waals surface area (Å²) in [6.07, 6.45) is 0. The zero-order valence-electron chi connectivity index (χ0n) is 13.3. The molecule has 0 saturated carbocycles. The second-order valence-corrected chi connectivity index (χ2v) is 5.65. The lowest BCUT2D eigenvalue weighted by Gasteiger charge is -2.17. The molecular weight excluding hydrogens is 266 g/mol. The topological polar surface area (TPSA) is 61.4 Å². The van der Waals surface area contributed by atoms with Gasteiger partial charge in [-0.3, -0.25) is 14.5 Å². The Morgan fingerprint density at radius 1 is 1.19 bits per heavy atom. The van der Waals surface area contributed by atoms with Gasteiger partial charge in [0.15, 0.2) is 0 Å². The van der Waals surface area contributed by atoms with E-state index >= 15 is 0 Å². The van der Waals surface area contributed by atoms with E-state index in [-0.39, 0.29) is 11.8 Å². The monoisotopic (exact) mass is 291 g/mol. The van der Waals surface area contributed by atoms with Crippen LogP contribution in [0.3, 0.4) is 0 Å². The van der Waals surface area contributed by atoms with Crippen LogP contribution in [0.2, 0.25) is 0 Å². The molecule has 1 aromatic carbocycles. The molecule has 0 spiro atoms. The lowest BCUT2D eigenvalue weighted by molar-refractivity contribution is -0.122. The van der Waals surface area contributed by atoms with Crippen molar-refractivity contribution in [1.29, 1.82) is 0 Å². The molecule has 0 aliphatic carbocycles. The first kappa shape index (κ1) is 17.2. The highest BCUT2D eigenvalue weighted by Crippen LogP contribution is 2.06. The van der Waals surface area contributed by atoms with Crippen molar-refractivity contribution in [1.82, 2.24) is 15.5 Å². The minimum atomic E-state index is -0.0945. The molecule has 0 heterocycles. The summed E-state index contributed by atoms with van der Waals surface area (Å²) in [6, 6.07) is 7.40. The summed E-state index contributed by atoms with van der Waals surface area (Å²) in [5.74, 6) is 0.396. The number of benzene rings is 1. The van der Waals surface area contributed by atoms with E-state index in [0.29, 0.717) is 31.1 Å². The van der Waals surface area contributed by atoms with E-state index in [0.717, 1.165) is 5.56 Å². The molecule has 2 N–H and O–H groups in total. The van der Waals surface area contributed by atoms with Crippen LogP contribution in [0.15, 0.2) is 24.3 Å². The smallest absolute Gasteiger partial charge is 0.251 e. The van der Waals surface area contributed by atoms with Crippen molar-refractivity contribution in [2.45, 2.75) is 20.4 Å². The van der Waals surface area contributed by atoms with E-state index in [9.17, 15) is 9.59 Å².